The van der Waals surface area contributed by atoms with Gasteiger partial charge in [-0.1, -0.05) is 18.2 Å². The molecule has 1 atom stereocenters. The van der Waals surface area contributed by atoms with Crippen molar-refractivity contribution in [3.05, 3.63) is 35.6 Å². The van der Waals surface area contributed by atoms with Crippen molar-refractivity contribution in [1.29, 1.82) is 0 Å². The number of methoxy groups -OCH3 is 1. The SMILES string of the molecule is COCCCC(=O)NCC(O)c1ccccc1F. The standard InChI is InChI=1S/C13H18FNO3/c1-18-8-4-7-13(17)15-9-12(16)10-5-2-3-6-11(10)14/h2-3,5-6,12,16H,4,7-9H2,1H3,(H,15,17). The highest BCUT2D eigenvalue weighted by Gasteiger charge is 2.12. The van der Waals surface area contributed by atoms with E-state index in [0.717, 1.165) is 0 Å². The predicted octanol–water partition coefficient (Wildman–Crippen LogP) is 1.40. The quantitative estimate of drug-likeness (QED) is 0.724. The van der Waals surface area contributed by atoms with Crippen LogP contribution in [0.1, 0.15) is 24.5 Å². The van der Waals surface area contributed by atoms with Gasteiger partial charge in [0.2, 0.25) is 5.91 Å². The Hall–Kier alpha value is -1.46. The minimum Gasteiger partial charge on any atom is -0.386 e. The summed E-state index contributed by atoms with van der Waals surface area (Å²) in [7, 11) is 1.57. The van der Waals surface area contributed by atoms with E-state index in [9.17, 15) is 14.3 Å². The third kappa shape index (κ3) is 4.81. The molecule has 1 aromatic rings. The molecule has 1 rings (SSSR count). The molecule has 2 N–H and O–H groups in total. The molecule has 18 heavy (non-hydrogen) atoms. The van der Waals surface area contributed by atoms with Crippen LogP contribution in [0.15, 0.2) is 24.3 Å². The van der Waals surface area contributed by atoms with E-state index in [2.05, 4.69) is 5.32 Å². The lowest BCUT2D eigenvalue weighted by atomic mass is 10.1. The van der Waals surface area contributed by atoms with Gasteiger partial charge in [-0.2, -0.15) is 0 Å². The van der Waals surface area contributed by atoms with Gasteiger partial charge in [-0.05, 0) is 12.5 Å². The van der Waals surface area contributed by atoms with Gasteiger partial charge in [0.1, 0.15) is 5.82 Å². The van der Waals surface area contributed by atoms with Crippen LogP contribution in [0.3, 0.4) is 0 Å². The Morgan fingerprint density at radius 1 is 1.50 bits per heavy atom. The lowest BCUT2D eigenvalue weighted by Gasteiger charge is -2.12. The molecule has 1 amide bonds. The first kappa shape index (κ1) is 14.6. The number of rotatable bonds is 7. The van der Waals surface area contributed by atoms with Crippen molar-refractivity contribution in [2.24, 2.45) is 0 Å². The summed E-state index contributed by atoms with van der Waals surface area (Å²) in [5, 5.41) is 12.3. The Labute approximate surface area is 106 Å². The van der Waals surface area contributed by atoms with E-state index in [-0.39, 0.29) is 18.0 Å². The molecule has 5 heteroatoms. The first-order valence-corrected chi connectivity index (χ1v) is 5.83. The second kappa shape index (κ2) is 7.79. The van der Waals surface area contributed by atoms with Gasteiger partial charge in [-0.15, -0.1) is 0 Å². The largest absolute Gasteiger partial charge is 0.386 e. The zero-order chi connectivity index (χ0) is 13.4. The van der Waals surface area contributed by atoms with Crippen molar-refractivity contribution in [3.8, 4) is 0 Å². The molecule has 0 radical (unpaired) electrons. The number of hydrogen-bond donors (Lipinski definition) is 2. The fraction of sp³-hybridized carbons (Fsp3) is 0.462. The van der Waals surface area contributed by atoms with E-state index in [1.54, 1.807) is 19.2 Å². The topological polar surface area (TPSA) is 58.6 Å². The summed E-state index contributed by atoms with van der Waals surface area (Å²) in [6.07, 6.45) is -0.0757. The molecule has 1 unspecified atom stereocenters. The zero-order valence-electron chi connectivity index (χ0n) is 10.4. The molecule has 0 saturated heterocycles. The number of nitrogens with one attached hydrogen (secondary N) is 1. The van der Waals surface area contributed by atoms with E-state index in [0.29, 0.717) is 19.4 Å². The third-order valence-electron chi connectivity index (χ3n) is 2.51. The summed E-state index contributed by atoms with van der Waals surface area (Å²) in [4.78, 5) is 11.4. The van der Waals surface area contributed by atoms with Gasteiger partial charge in [0.15, 0.2) is 0 Å². The summed E-state index contributed by atoms with van der Waals surface area (Å²) in [5.41, 5.74) is 0.190. The fourth-order valence-electron chi connectivity index (χ4n) is 1.53. The Balaban J connectivity index is 2.35. The Morgan fingerprint density at radius 2 is 2.22 bits per heavy atom. The number of aliphatic hydroxyl groups excluding tert-OH is 1. The van der Waals surface area contributed by atoms with Crippen molar-refractivity contribution in [3.63, 3.8) is 0 Å². The first-order chi connectivity index (χ1) is 8.65. The van der Waals surface area contributed by atoms with Crippen molar-refractivity contribution in [2.75, 3.05) is 20.3 Å². The highest BCUT2D eigenvalue weighted by atomic mass is 19.1. The molecule has 0 fully saturated rings. The smallest absolute Gasteiger partial charge is 0.220 e. The summed E-state index contributed by atoms with van der Waals surface area (Å²) in [6, 6.07) is 5.97. The van der Waals surface area contributed by atoms with Crippen LogP contribution in [0.2, 0.25) is 0 Å². The summed E-state index contributed by atoms with van der Waals surface area (Å²) in [5.74, 6) is -0.652. The van der Waals surface area contributed by atoms with E-state index < -0.39 is 11.9 Å². The number of amides is 1. The van der Waals surface area contributed by atoms with Gasteiger partial charge in [0, 0.05) is 32.2 Å². The van der Waals surface area contributed by atoms with E-state index >= 15 is 0 Å². The molecule has 0 spiro atoms. The molecule has 0 aliphatic rings. The maximum absolute atomic E-state index is 13.3. The van der Waals surface area contributed by atoms with E-state index in [4.69, 9.17) is 4.74 Å². The summed E-state index contributed by atoms with van der Waals surface area (Å²) in [6.45, 7) is 0.524. The Morgan fingerprint density at radius 3 is 2.89 bits per heavy atom. The summed E-state index contributed by atoms with van der Waals surface area (Å²) >= 11 is 0. The summed E-state index contributed by atoms with van der Waals surface area (Å²) < 4.78 is 18.1. The van der Waals surface area contributed by atoms with Crippen molar-refractivity contribution in [1.82, 2.24) is 5.32 Å². The molecule has 0 aliphatic carbocycles. The zero-order valence-corrected chi connectivity index (χ0v) is 10.4. The van der Waals surface area contributed by atoms with Gasteiger partial charge >= 0.3 is 0 Å². The minimum absolute atomic E-state index is 0.00670. The van der Waals surface area contributed by atoms with Crippen LogP contribution in [-0.4, -0.2) is 31.3 Å². The molecule has 0 heterocycles. The van der Waals surface area contributed by atoms with E-state index in [1.807, 2.05) is 0 Å². The normalized spacial score (nSPS) is 12.2. The average molecular weight is 255 g/mol. The number of carbonyl (C=O) groups is 1. The molecular weight excluding hydrogens is 237 g/mol. The number of benzene rings is 1. The molecule has 0 bridgehead atoms. The van der Waals surface area contributed by atoms with Crippen LogP contribution < -0.4 is 5.32 Å². The number of carbonyl (C=O) groups excluding carboxylic acids is 1. The predicted molar refractivity (Wildman–Crippen MR) is 65.5 cm³/mol. The second-order valence-electron chi connectivity index (χ2n) is 3.94. The van der Waals surface area contributed by atoms with Crippen molar-refractivity contribution >= 4 is 5.91 Å². The minimum atomic E-state index is -1.03. The number of halogens is 1. The maximum atomic E-state index is 13.3. The Kier molecular flexibility index (Phi) is 6.32. The average Bonchev–Trinajstić information content (AvgIpc) is 2.37. The van der Waals surface area contributed by atoms with Crippen LogP contribution in [0.5, 0.6) is 0 Å². The highest BCUT2D eigenvalue weighted by Crippen LogP contribution is 2.15. The first-order valence-electron chi connectivity index (χ1n) is 5.83. The molecular formula is C13H18FNO3. The number of hydrogen-bond acceptors (Lipinski definition) is 3. The lowest BCUT2D eigenvalue weighted by molar-refractivity contribution is -0.121. The van der Waals surface area contributed by atoms with Crippen LogP contribution >= 0.6 is 0 Å². The molecule has 0 saturated carbocycles. The second-order valence-corrected chi connectivity index (χ2v) is 3.94. The molecule has 100 valence electrons. The van der Waals surface area contributed by atoms with E-state index in [1.165, 1.54) is 12.1 Å². The van der Waals surface area contributed by atoms with Crippen molar-refractivity contribution in [2.45, 2.75) is 18.9 Å². The molecule has 0 aromatic heterocycles. The molecule has 4 nitrogen and oxygen atoms in total. The van der Waals surface area contributed by atoms with Crippen LogP contribution in [0.25, 0.3) is 0 Å². The third-order valence-corrected chi connectivity index (χ3v) is 2.51. The Bertz CT molecular complexity index is 384. The number of aliphatic hydroxyl groups is 1. The van der Waals surface area contributed by atoms with Gasteiger partial charge in [0.05, 0.1) is 6.10 Å². The maximum Gasteiger partial charge on any atom is 0.220 e. The van der Waals surface area contributed by atoms with Gasteiger partial charge < -0.3 is 15.2 Å². The molecule has 1 aromatic carbocycles. The van der Waals surface area contributed by atoms with Gasteiger partial charge in [-0.3, -0.25) is 4.79 Å². The fourth-order valence-corrected chi connectivity index (χ4v) is 1.53. The monoisotopic (exact) mass is 255 g/mol. The van der Waals surface area contributed by atoms with Gasteiger partial charge in [-0.25, -0.2) is 4.39 Å². The van der Waals surface area contributed by atoms with Crippen LogP contribution in [0, 0.1) is 5.82 Å². The lowest BCUT2D eigenvalue weighted by Crippen LogP contribution is -2.28. The highest BCUT2D eigenvalue weighted by molar-refractivity contribution is 5.75. The van der Waals surface area contributed by atoms with Crippen molar-refractivity contribution < 1.29 is 19.0 Å². The van der Waals surface area contributed by atoms with Gasteiger partial charge in [0.25, 0.3) is 0 Å². The number of ether oxygens (including phenoxy) is 1. The van der Waals surface area contributed by atoms with Crippen LogP contribution in [-0.2, 0) is 9.53 Å². The van der Waals surface area contributed by atoms with Crippen LogP contribution in [0.4, 0.5) is 4.39 Å². The molecule has 0 aliphatic heterocycles.